The van der Waals surface area contributed by atoms with Crippen LogP contribution < -0.4 is 10.6 Å². The zero-order valence-electron chi connectivity index (χ0n) is 11.3. The molecule has 1 unspecified atom stereocenters. The Morgan fingerprint density at radius 2 is 2.05 bits per heavy atom. The topological polar surface area (TPSA) is 91.4 Å². The number of aromatic nitrogens is 1. The molecule has 0 saturated carbocycles. The minimum absolute atomic E-state index is 0.214. The summed E-state index contributed by atoms with van der Waals surface area (Å²) in [4.78, 5) is 41.6. The van der Waals surface area contributed by atoms with Crippen molar-refractivity contribution in [3.63, 3.8) is 0 Å². The van der Waals surface area contributed by atoms with E-state index in [1.54, 1.807) is 0 Å². The molecule has 1 atom stereocenters. The second-order valence-electron chi connectivity index (χ2n) is 5.61. The number of nitrogens with one attached hydrogen (secondary N) is 2. The molecule has 0 spiro atoms. The van der Waals surface area contributed by atoms with Crippen molar-refractivity contribution in [1.82, 2.24) is 20.5 Å². The molecule has 0 aliphatic carbocycles. The van der Waals surface area contributed by atoms with E-state index in [0.29, 0.717) is 25.2 Å². The highest BCUT2D eigenvalue weighted by Gasteiger charge is 2.40. The third kappa shape index (κ3) is 1.84. The van der Waals surface area contributed by atoms with Crippen LogP contribution in [-0.2, 0) is 29.2 Å². The number of rotatable bonds is 1. The second-order valence-corrected chi connectivity index (χ2v) is 5.61. The molecule has 3 aliphatic heterocycles. The molecule has 4 rings (SSSR count). The van der Waals surface area contributed by atoms with Gasteiger partial charge in [0.25, 0.3) is 5.91 Å². The zero-order valence-corrected chi connectivity index (χ0v) is 11.3. The van der Waals surface area contributed by atoms with Crippen molar-refractivity contribution in [1.29, 1.82) is 0 Å². The van der Waals surface area contributed by atoms with Gasteiger partial charge in [0.15, 0.2) is 0 Å². The van der Waals surface area contributed by atoms with Crippen molar-refractivity contribution in [3.05, 3.63) is 28.6 Å². The van der Waals surface area contributed by atoms with E-state index in [0.717, 1.165) is 23.4 Å². The van der Waals surface area contributed by atoms with E-state index in [-0.39, 0.29) is 24.1 Å². The van der Waals surface area contributed by atoms with Gasteiger partial charge < -0.3 is 10.2 Å². The fourth-order valence-electron chi connectivity index (χ4n) is 3.19. The molecule has 1 fully saturated rings. The maximum atomic E-state index is 12.5. The summed E-state index contributed by atoms with van der Waals surface area (Å²) in [5.74, 6) is -0.876. The smallest absolute Gasteiger partial charge is 0.273 e. The van der Waals surface area contributed by atoms with Crippen LogP contribution in [0.5, 0.6) is 0 Å². The first-order valence-corrected chi connectivity index (χ1v) is 7.00. The number of amides is 3. The zero-order chi connectivity index (χ0) is 14.6. The Bertz CT molecular complexity index is 685. The van der Waals surface area contributed by atoms with Crippen LogP contribution in [0.15, 0.2) is 6.07 Å². The van der Waals surface area contributed by atoms with Gasteiger partial charge in [-0.25, -0.2) is 4.98 Å². The molecule has 3 aliphatic rings. The molecule has 1 aromatic rings. The molecule has 7 heteroatoms. The summed E-state index contributed by atoms with van der Waals surface area (Å²) in [5.41, 5.74) is 3.34. The van der Waals surface area contributed by atoms with E-state index in [1.165, 1.54) is 4.90 Å². The highest BCUT2D eigenvalue weighted by atomic mass is 16.2. The second kappa shape index (κ2) is 4.36. The number of hydrogen-bond donors (Lipinski definition) is 2. The Kier molecular flexibility index (Phi) is 2.58. The summed E-state index contributed by atoms with van der Waals surface area (Å²) >= 11 is 0. The van der Waals surface area contributed by atoms with Gasteiger partial charge in [0.2, 0.25) is 11.8 Å². The summed E-state index contributed by atoms with van der Waals surface area (Å²) in [7, 11) is 0. The fourth-order valence-corrected chi connectivity index (χ4v) is 3.19. The van der Waals surface area contributed by atoms with Crippen LogP contribution in [0.4, 0.5) is 0 Å². The Labute approximate surface area is 120 Å². The van der Waals surface area contributed by atoms with Gasteiger partial charge in [-0.1, -0.05) is 0 Å². The summed E-state index contributed by atoms with van der Waals surface area (Å²) in [6.07, 6.45) is 0.649. The number of carbonyl (C=O) groups is 3. The molecule has 1 aromatic heterocycles. The first kappa shape index (κ1) is 12.5. The average molecular weight is 286 g/mol. The Hall–Kier alpha value is -2.28. The summed E-state index contributed by atoms with van der Waals surface area (Å²) in [6.45, 7) is 1.83. The lowest BCUT2D eigenvalue weighted by Gasteiger charge is -2.29. The number of nitrogens with zero attached hydrogens (tertiary/aromatic N) is 2. The largest absolute Gasteiger partial charge is 0.321 e. The summed E-state index contributed by atoms with van der Waals surface area (Å²) in [6, 6.07) is 1.43. The van der Waals surface area contributed by atoms with Crippen LogP contribution in [0.3, 0.4) is 0 Å². The van der Waals surface area contributed by atoms with Gasteiger partial charge in [-0.3, -0.25) is 19.7 Å². The predicted octanol–water partition coefficient (Wildman–Crippen LogP) is -0.554. The van der Waals surface area contributed by atoms with Crippen LogP contribution in [0.2, 0.25) is 0 Å². The molecule has 7 nitrogen and oxygen atoms in total. The summed E-state index contributed by atoms with van der Waals surface area (Å²) in [5, 5.41) is 5.50. The molecule has 4 heterocycles. The minimum atomic E-state index is -0.572. The van der Waals surface area contributed by atoms with Gasteiger partial charge in [0.1, 0.15) is 11.7 Å². The standard InChI is InChI=1S/C14H14N4O3/c19-11-2-1-10(13(20)17-11)18-6-8-3-7-4-15-5-9(7)16-12(8)14(18)21/h3,10,15H,1-2,4-6H2,(H,17,19,20). The monoisotopic (exact) mass is 286 g/mol. The third-order valence-electron chi connectivity index (χ3n) is 4.27. The molecule has 0 aromatic carbocycles. The van der Waals surface area contributed by atoms with Crippen LogP contribution in [0.25, 0.3) is 0 Å². The van der Waals surface area contributed by atoms with Crippen LogP contribution in [-0.4, -0.2) is 33.6 Å². The van der Waals surface area contributed by atoms with E-state index >= 15 is 0 Å². The number of imide groups is 1. The van der Waals surface area contributed by atoms with Crippen molar-refractivity contribution in [2.75, 3.05) is 0 Å². The fraction of sp³-hybridized carbons (Fsp3) is 0.429. The highest BCUT2D eigenvalue weighted by molar-refractivity contribution is 6.04. The van der Waals surface area contributed by atoms with Gasteiger partial charge >= 0.3 is 0 Å². The Balaban J connectivity index is 1.64. The van der Waals surface area contributed by atoms with E-state index < -0.39 is 6.04 Å². The lowest BCUT2D eigenvalue weighted by Crippen LogP contribution is -2.52. The number of pyridine rings is 1. The lowest BCUT2D eigenvalue weighted by molar-refractivity contribution is -0.136. The third-order valence-corrected chi connectivity index (χ3v) is 4.27. The predicted molar refractivity (Wildman–Crippen MR) is 70.8 cm³/mol. The van der Waals surface area contributed by atoms with Gasteiger partial charge in [-0.05, 0) is 18.1 Å². The van der Waals surface area contributed by atoms with E-state index in [9.17, 15) is 14.4 Å². The molecule has 108 valence electrons. The number of hydrogen-bond acceptors (Lipinski definition) is 5. The minimum Gasteiger partial charge on any atom is -0.321 e. The molecule has 0 radical (unpaired) electrons. The van der Waals surface area contributed by atoms with Gasteiger partial charge in [-0.2, -0.15) is 0 Å². The maximum Gasteiger partial charge on any atom is 0.273 e. The highest BCUT2D eigenvalue weighted by Crippen LogP contribution is 2.28. The quantitative estimate of drug-likeness (QED) is 0.676. The number of fused-ring (bicyclic) bond motifs is 2. The maximum absolute atomic E-state index is 12.5. The van der Waals surface area contributed by atoms with E-state index in [1.807, 2.05) is 6.07 Å². The molecule has 21 heavy (non-hydrogen) atoms. The molecular formula is C14H14N4O3. The van der Waals surface area contributed by atoms with Crippen LogP contribution in [0.1, 0.15) is 40.2 Å². The summed E-state index contributed by atoms with van der Waals surface area (Å²) < 4.78 is 0. The molecule has 0 bridgehead atoms. The average Bonchev–Trinajstić information content (AvgIpc) is 3.02. The van der Waals surface area contributed by atoms with Gasteiger partial charge in [0.05, 0.1) is 5.69 Å². The SMILES string of the molecule is O=C1CCC(N2Cc3cc4c(nc3C2=O)CNC4)C(=O)N1. The Morgan fingerprint density at radius 1 is 1.19 bits per heavy atom. The Morgan fingerprint density at radius 3 is 2.86 bits per heavy atom. The molecule has 3 amide bonds. The lowest BCUT2D eigenvalue weighted by atomic mass is 10.0. The van der Waals surface area contributed by atoms with Gasteiger partial charge in [0, 0.05) is 31.6 Å². The molecule has 1 saturated heterocycles. The first-order chi connectivity index (χ1) is 10.1. The number of carbonyl (C=O) groups excluding carboxylic acids is 3. The van der Waals surface area contributed by atoms with E-state index in [2.05, 4.69) is 15.6 Å². The van der Waals surface area contributed by atoms with Crippen molar-refractivity contribution >= 4 is 17.7 Å². The van der Waals surface area contributed by atoms with Crippen LogP contribution >= 0.6 is 0 Å². The normalized spacial score (nSPS) is 24.1. The van der Waals surface area contributed by atoms with E-state index in [4.69, 9.17) is 0 Å². The molecule has 2 N–H and O–H groups in total. The van der Waals surface area contributed by atoms with Crippen molar-refractivity contribution in [3.8, 4) is 0 Å². The van der Waals surface area contributed by atoms with Crippen molar-refractivity contribution in [2.45, 2.75) is 38.5 Å². The van der Waals surface area contributed by atoms with Crippen molar-refractivity contribution in [2.24, 2.45) is 0 Å². The van der Waals surface area contributed by atoms with Gasteiger partial charge in [-0.15, -0.1) is 0 Å². The number of piperidine rings is 1. The first-order valence-electron chi connectivity index (χ1n) is 7.00. The van der Waals surface area contributed by atoms with Crippen molar-refractivity contribution < 1.29 is 14.4 Å². The van der Waals surface area contributed by atoms with Crippen LogP contribution in [0, 0.1) is 0 Å². The molecular weight excluding hydrogens is 272 g/mol.